The van der Waals surface area contributed by atoms with Crippen LogP contribution in [0.5, 0.6) is 0 Å². The van der Waals surface area contributed by atoms with Crippen LogP contribution in [0.1, 0.15) is 6.92 Å². The highest BCUT2D eigenvalue weighted by Crippen LogP contribution is 1.86. The van der Waals surface area contributed by atoms with E-state index >= 15 is 0 Å². The summed E-state index contributed by atoms with van der Waals surface area (Å²) in [5, 5.41) is 0. The summed E-state index contributed by atoms with van der Waals surface area (Å²) in [5.74, 6) is -0.572. The molecule has 0 saturated heterocycles. The van der Waals surface area contributed by atoms with Gasteiger partial charge < -0.3 is 4.29 Å². The summed E-state index contributed by atoms with van der Waals surface area (Å²) in [6, 6.07) is 0. The van der Waals surface area contributed by atoms with E-state index in [2.05, 4.69) is 4.29 Å². The van der Waals surface area contributed by atoms with E-state index < -0.39 is 5.97 Å². The van der Waals surface area contributed by atoms with Crippen molar-refractivity contribution in [2.24, 2.45) is 0 Å². The van der Waals surface area contributed by atoms with E-state index in [1.165, 1.54) is 6.08 Å². The molecule has 0 saturated carbocycles. The van der Waals surface area contributed by atoms with Gasteiger partial charge in [-0.05, 0) is 6.92 Å². The van der Waals surface area contributed by atoms with E-state index in [4.69, 9.17) is 11.9 Å². The van der Waals surface area contributed by atoms with E-state index in [1.54, 1.807) is 18.2 Å². The lowest BCUT2D eigenvalue weighted by Crippen LogP contribution is -1.87. The second-order valence-electron chi connectivity index (χ2n) is 1.67. The summed E-state index contributed by atoms with van der Waals surface area (Å²) in [6.45, 7) is 1.90. The zero-order chi connectivity index (χ0) is 8.53. The van der Waals surface area contributed by atoms with Crippen molar-refractivity contribution in [3.8, 4) is 0 Å². The van der Waals surface area contributed by atoms with Crippen LogP contribution in [-0.4, -0.2) is 5.97 Å². The van der Waals surface area contributed by atoms with Gasteiger partial charge >= 0.3 is 5.97 Å². The number of carbonyl (C=O) groups excluding carboxylic acids is 1. The number of hydrogen-bond acceptors (Lipinski definition) is 2. The van der Waals surface area contributed by atoms with Gasteiger partial charge in [-0.25, -0.2) is 4.79 Å². The first-order chi connectivity index (χ1) is 5.31. The van der Waals surface area contributed by atoms with Gasteiger partial charge in [-0.1, -0.05) is 30.4 Å². The number of allylic oxidation sites excluding steroid dienone is 5. The van der Waals surface area contributed by atoms with Gasteiger partial charge in [-0.2, -0.15) is 0 Å². The summed E-state index contributed by atoms with van der Waals surface area (Å²) < 4.78 is 3.85. The van der Waals surface area contributed by atoms with Crippen molar-refractivity contribution in [1.82, 2.24) is 0 Å². The van der Waals surface area contributed by atoms with Crippen molar-refractivity contribution in [3.63, 3.8) is 0 Å². The van der Waals surface area contributed by atoms with E-state index in [1.807, 2.05) is 19.1 Å². The Morgan fingerprint density at radius 1 is 1.27 bits per heavy atom. The molecular formula is C8H9ClO2. The molecule has 0 aliphatic rings. The molecule has 0 aromatic heterocycles. The predicted octanol–water partition coefficient (Wildman–Crippen LogP) is 2.37. The molecule has 0 spiro atoms. The van der Waals surface area contributed by atoms with Gasteiger partial charge in [0.05, 0.1) is 0 Å². The van der Waals surface area contributed by atoms with Crippen molar-refractivity contribution in [1.29, 1.82) is 0 Å². The summed E-state index contributed by atoms with van der Waals surface area (Å²) in [6.07, 6.45) is 9.99. The van der Waals surface area contributed by atoms with Crippen molar-refractivity contribution in [2.75, 3.05) is 0 Å². The SMILES string of the molecule is C/C=C/C=C/C=C/C(=O)OCl. The van der Waals surface area contributed by atoms with Gasteiger partial charge in [-0.3, -0.25) is 0 Å². The van der Waals surface area contributed by atoms with Gasteiger partial charge in [0, 0.05) is 6.08 Å². The van der Waals surface area contributed by atoms with Crippen LogP contribution in [0.25, 0.3) is 0 Å². The second kappa shape index (κ2) is 7.09. The van der Waals surface area contributed by atoms with Gasteiger partial charge in [0.2, 0.25) is 0 Å². The fraction of sp³-hybridized carbons (Fsp3) is 0.125. The Hall–Kier alpha value is -1.02. The van der Waals surface area contributed by atoms with Gasteiger partial charge in [0.25, 0.3) is 0 Å². The number of halogens is 1. The zero-order valence-electron chi connectivity index (χ0n) is 6.16. The molecular weight excluding hydrogens is 164 g/mol. The third-order valence-electron chi connectivity index (χ3n) is 0.834. The highest BCUT2D eigenvalue weighted by molar-refractivity contribution is 6.14. The molecule has 0 heterocycles. The van der Waals surface area contributed by atoms with Gasteiger partial charge in [-0.15, -0.1) is 0 Å². The Morgan fingerprint density at radius 2 is 1.91 bits per heavy atom. The molecule has 0 atom stereocenters. The van der Waals surface area contributed by atoms with Crippen molar-refractivity contribution >= 4 is 17.8 Å². The molecule has 0 aromatic rings. The van der Waals surface area contributed by atoms with Crippen LogP contribution < -0.4 is 0 Å². The van der Waals surface area contributed by atoms with Crippen LogP contribution in [0.2, 0.25) is 0 Å². The maximum Gasteiger partial charge on any atom is 0.349 e. The lowest BCUT2D eigenvalue weighted by Gasteiger charge is -1.80. The van der Waals surface area contributed by atoms with Crippen LogP contribution in [0.3, 0.4) is 0 Å². The average molecular weight is 173 g/mol. The third kappa shape index (κ3) is 6.87. The summed E-state index contributed by atoms with van der Waals surface area (Å²) in [5.41, 5.74) is 0. The molecule has 0 amide bonds. The molecule has 60 valence electrons. The smallest absolute Gasteiger partial charge is 0.344 e. The quantitative estimate of drug-likeness (QED) is 0.483. The zero-order valence-corrected chi connectivity index (χ0v) is 6.91. The first-order valence-corrected chi connectivity index (χ1v) is 3.40. The second-order valence-corrected chi connectivity index (χ2v) is 1.82. The van der Waals surface area contributed by atoms with Crippen LogP contribution in [0, 0.1) is 0 Å². The summed E-state index contributed by atoms with van der Waals surface area (Å²) in [7, 11) is 0. The fourth-order valence-electron chi connectivity index (χ4n) is 0.399. The molecule has 0 radical (unpaired) electrons. The molecule has 0 fully saturated rings. The predicted molar refractivity (Wildman–Crippen MR) is 45.0 cm³/mol. The van der Waals surface area contributed by atoms with Gasteiger partial charge in [0.15, 0.2) is 0 Å². The molecule has 0 N–H and O–H groups in total. The molecule has 0 aromatic carbocycles. The number of carbonyl (C=O) groups is 1. The van der Waals surface area contributed by atoms with E-state index in [9.17, 15) is 4.79 Å². The highest BCUT2D eigenvalue weighted by atomic mass is 35.5. The molecule has 0 aliphatic carbocycles. The molecule has 3 heteroatoms. The van der Waals surface area contributed by atoms with E-state index in [0.29, 0.717) is 0 Å². The average Bonchev–Trinajstić information content (AvgIpc) is 2.04. The lowest BCUT2D eigenvalue weighted by molar-refractivity contribution is -0.128. The highest BCUT2D eigenvalue weighted by Gasteiger charge is 1.88. The summed E-state index contributed by atoms with van der Waals surface area (Å²) in [4.78, 5) is 10.4. The third-order valence-corrected chi connectivity index (χ3v) is 0.986. The number of hydrogen-bond donors (Lipinski definition) is 0. The van der Waals surface area contributed by atoms with Crippen LogP contribution >= 0.6 is 11.9 Å². The normalized spacial score (nSPS) is 11.8. The maximum atomic E-state index is 10.4. The minimum atomic E-state index is -0.572. The first kappa shape index (κ1) is 9.98. The Labute approximate surface area is 71.0 Å². The fourth-order valence-corrected chi connectivity index (χ4v) is 0.451. The Kier molecular flexibility index (Phi) is 6.43. The van der Waals surface area contributed by atoms with Crippen molar-refractivity contribution in [3.05, 3.63) is 36.5 Å². The van der Waals surface area contributed by atoms with E-state index in [-0.39, 0.29) is 0 Å². The molecule has 0 aliphatic heterocycles. The number of rotatable bonds is 3. The molecule has 11 heavy (non-hydrogen) atoms. The van der Waals surface area contributed by atoms with Crippen molar-refractivity contribution in [2.45, 2.75) is 6.92 Å². The minimum absolute atomic E-state index is 0.572. The molecule has 0 bridgehead atoms. The monoisotopic (exact) mass is 172 g/mol. The Morgan fingerprint density at radius 3 is 2.45 bits per heavy atom. The molecule has 0 unspecified atom stereocenters. The van der Waals surface area contributed by atoms with Crippen molar-refractivity contribution < 1.29 is 9.08 Å². The maximum absolute atomic E-state index is 10.4. The Bertz CT molecular complexity index is 192. The minimum Gasteiger partial charge on any atom is -0.344 e. The largest absolute Gasteiger partial charge is 0.349 e. The summed E-state index contributed by atoms with van der Waals surface area (Å²) >= 11 is 4.75. The van der Waals surface area contributed by atoms with Gasteiger partial charge in [0.1, 0.15) is 11.9 Å². The molecule has 2 nitrogen and oxygen atoms in total. The standard InChI is InChI=1S/C8H9ClO2/c1-2-3-4-5-6-7-8(10)11-9/h2-7H,1H3/b3-2+,5-4+,7-6+. The van der Waals surface area contributed by atoms with Crippen LogP contribution in [-0.2, 0) is 9.08 Å². The molecule has 0 rings (SSSR count). The van der Waals surface area contributed by atoms with Crippen LogP contribution in [0.4, 0.5) is 0 Å². The topological polar surface area (TPSA) is 26.3 Å². The first-order valence-electron chi connectivity index (χ1n) is 3.10. The van der Waals surface area contributed by atoms with Crippen LogP contribution in [0.15, 0.2) is 36.5 Å². The lowest BCUT2D eigenvalue weighted by atomic mass is 10.4. The Balaban J connectivity index is 3.68. The van der Waals surface area contributed by atoms with E-state index in [0.717, 1.165) is 0 Å².